The average molecular weight is 368 g/mol. The molecule has 1 aromatic heterocycles. The lowest BCUT2D eigenvalue weighted by Crippen LogP contribution is -2.29. The Hall–Kier alpha value is -1.97. The Bertz CT molecular complexity index is 1040. The smallest absolute Gasteiger partial charge is 0.215 e. The molecule has 4 rings (SSSR count). The minimum absolute atomic E-state index is 0.782. The van der Waals surface area contributed by atoms with E-state index in [9.17, 15) is 0 Å². The van der Waals surface area contributed by atoms with Crippen LogP contribution in [0.5, 0.6) is 0 Å². The van der Waals surface area contributed by atoms with E-state index in [1.807, 2.05) is 12.1 Å². The van der Waals surface area contributed by atoms with Crippen molar-refractivity contribution in [2.75, 3.05) is 11.9 Å². The van der Waals surface area contributed by atoms with E-state index in [-0.39, 0.29) is 0 Å². The molecule has 4 heteroatoms. The highest BCUT2D eigenvalue weighted by Gasteiger charge is 2.23. The van der Waals surface area contributed by atoms with Gasteiger partial charge in [0.05, 0.1) is 16.1 Å². The summed E-state index contributed by atoms with van der Waals surface area (Å²) in [5.41, 5.74) is 6.33. The third kappa shape index (κ3) is 2.82. The highest BCUT2D eigenvalue weighted by atomic mass is 35.5. The molecule has 0 bridgehead atoms. The summed E-state index contributed by atoms with van der Waals surface area (Å²) in [5, 5.41) is 3.29. The van der Waals surface area contributed by atoms with Crippen LogP contribution in [-0.2, 0) is 7.05 Å². The molecule has 0 spiro atoms. The minimum atomic E-state index is 0.782. The monoisotopic (exact) mass is 367 g/mol. The number of thioether (sulfide) groups is 1. The minimum Gasteiger partial charge on any atom is -0.338 e. The van der Waals surface area contributed by atoms with E-state index in [1.54, 1.807) is 11.8 Å². The van der Waals surface area contributed by atoms with Crippen LogP contribution in [0.4, 0.5) is 5.69 Å². The van der Waals surface area contributed by atoms with Gasteiger partial charge in [-0.05, 0) is 61.4 Å². The van der Waals surface area contributed by atoms with Crippen LogP contribution in [0, 0.1) is 13.8 Å². The number of pyridine rings is 1. The third-order valence-corrected chi connectivity index (χ3v) is 6.08. The first-order valence-electron chi connectivity index (χ1n) is 8.26. The lowest BCUT2D eigenvalue weighted by molar-refractivity contribution is -0.645. The molecule has 2 aromatic carbocycles. The molecule has 0 atom stereocenters. The van der Waals surface area contributed by atoms with Crippen LogP contribution in [0.15, 0.2) is 52.5 Å². The second-order valence-corrected chi connectivity index (χ2v) is 8.11. The first-order valence-corrected chi connectivity index (χ1v) is 9.46. The van der Waals surface area contributed by atoms with Gasteiger partial charge in [0.1, 0.15) is 7.05 Å². The molecule has 0 amide bonds. The summed E-state index contributed by atoms with van der Waals surface area (Å²) in [6.45, 7) is 4.34. The molecule has 25 heavy (non-hydrogen) atoms. The number of aryl methyl sites for hydroxylation is 3. The normalized spacial score (nSPS) is 15.2. The number of fused-ring (bicyclic) bond motifs is 2. The molecule has 0 fully saturated rings. The molecule has 1 aliphatic heterocycles. The Kier molecular flexibility index (Phi) is 4.01. The van der Waals surface area contributed by atoms with E-state index in [4.69, 9.17) is 11.6 Å². The number of hydrogen-bond acceptors (Lipinski definition) is 2. The standard InChI is InChI=1S/C21H20ClN2S/c1-13-9-14(2)21-17(10-13)15(7-8-23(21)3)11-20-24(4)18-6-5-16(22)12-19(18)25-20/h5-12H,1-4H3/q+1. The summed E-state index contributed by atoms with van der Waals surface area (Å²) in [6.07, 6.45) is 4.42. The zero-order valence-corrected chi connectivity index (χ0v) is 16.4. The molecular formula is C21H20ClN2S+. The predicted octanol–water partition coefficient (Wildman–Crippen LogP) is 5.48. The van der Waals surface area contributed by atoms with Gasteiger partial charge in [-0.2, -0.15) is 0 Å². The van der Waals surface area contributed by atoms with Crippen LogP contribution >= 0.6 is 23.4 Å². The zero-order chi connectivity index (χ0) is 17.7. The van der Waals surface area contributed by atoms with Crippen molar-refractivity contribution >= 4 is 46.0 Å². The average Bonchev–Trinajstić information content (AvgIpc) is 2.85. The number of nitrogens with zero attached hydrogens (tertiary/aromatic N) is 2. The number of hydrogen-bond donors (Lipinski definition) is 0. The van der Waals surface area contributed by atoms with Crippen molar-refractivity contribution in [2.45, 2.75) is 18.7 Å². The Morgan fingerprint density at radius 3 is 2.72 bits per heavy atom. The van der Waals surface area contributed by atoms with Gasteiger partial charge in [-0.15, -0.1) is 0 Å². The molecular weight excluding hydrogens is 348 g/mol. The second kappa shape index (κ2) is 6.08. The van der Waals surface area contributed by atoms with E-state index >= 15 is 0 Å². The molecule has 0 saturated carbocycles. The van der Waals surface area contributed by atoms with Crippen LogP contribution in [0.3, 0.4) is 0 Å². The fourth-order valence-corrected chi connectivity index (χ4v) is 4.92. The Morgan fingerprint density at radius 2 is 1.92 bits per heavy atom. The van der Waals surface area contributed by atoms with Crippen molar-refractivity contribution in [3.8, 4) is 0 Å². The van der Waals surface area contributed by atoms with E-state index in [0.29, 0.717) is 0 Å². The summed E-state index contributed by atoms with van der Waals surface area (Å²) < 4.78 is 2.20. The van der Waals surface area contributed by atoms with Gasteiger partial charge in [0.15, 0.2) is 6.20 Å². The van der Waals surface area contributed by atoms with Crippen LogP contribution in [0.2, 0.25) is 5.02 Å². The van der Waals surface area contributed by atoms with Crippen molar-refractivity contribution in [3.05, 3.63) is 69.3 Å². The SMILES string of the molecule is Cc1cc(C)c2c(c1)c(/C=C1\Sc3cc(Cl)ccc3N1C)cc[n+]2C. The molecule has 2 nitrogen and oxygen atoms in total. The molecule has 0 aliphatic carbocycles. The second-order valence-electron chi connectivity index (χ2n) is 6.62. The van der Waals surface area contributed by atoms with Gasteiger partial charge in [-0.1, -0.05) is 23.4 Å². The topological polar surface area (TPSA) is 7.12 Å². The van der Waals surface area contributed by atoms with Crippen molar-refractivity contribution < 1.29 is 4.57 Å². The van der Waals surface area contributed by atoms with Crippen LogP contribution in [-0.4, -0.2) is 7.05 Å². The first kappa shape index (κ1) is 16.5. The Labute approximate surface area is 157 Å². The summed E-state index contributed by atoms with van der Waals surface area (Å²) in [7, 11) is 4.22. The van der Waals surface area contributed by atoms with Crippen molar-refractivity contribution in [1.29, 1.82) is 0 Å². The first-order chi connectivity index (χ1) is 11.9. The molecule has 2 heterocycles. The van der Waals surface area contributed by atoms with E-state index in [1.165, 1.54) is 43.2 Å². The maximum absolute atomic E-state index is 6.16. The molecule has 0 unspecified atom stereocenters. The maximum Gasteiger partial charge on any atom is 0.215 e. The van der Waals surface area contributed by atoms with Crippen LogP contribution < -0.4 is 9.47 Å². The van der Waals surface area contributed by atoms with Gasteiger partial charge < -0.3 is 4.90 Å². The number of benzene rings is 2. The number of anilines is 1. The third-order valence-electron chi connectivity index (χ3n) is 4.69. The predicted molar refractivity (Wildman–Crippen MR) is 108 cm³/mol. The quantitative estimate of drug-likeness (QED) is 0.526. The van der Waals surface area contributed by atoms with E-state index in [2.05, 4.69) is 73.9 Å². The van der Waals surface area contributed by atoms with E-state index < -0.39 is 0 Å². The van der Waals surface area contributed by atoms with Gasteiger partial charge >= 0.3 is 0 Å². The highest BCUT2D eigenvalue weighted by molar-refractivity contribution is 8.03. The molecule has 0 N–H and O–H groups in total. The molecule has 0 saturated heterocycles. The fraction of sp³-hybridized carbons (Fsp3) is 0.190. The van der Waals surface area contributed by atoms with Crippen LogP contribution in [0.25, 0.3) is 17.0 Å². The van der Waals surface area contributed by atoms with Gasteiger partial charge in [0.25, 0.3) is 0 Å². The van der Waals surface area contributed by atoms with Gasteiger partial charge in [-0.25, -0.2) is 4.57 Å². The lowest BCUT2D eigenvalue weighted by Gasteiger charge is -2.14. The summed E-state index contributed by atoms with van der Waals surface area (Å²) in [5.74, 6) is 0. The van der Waals surface area contributed by atoms with Crippen molar-refractivity contribution in [1.82, 2.24) is 0 Å². The van der Waals surface area contributed by atoms with Crippen LogP contribution in [0.1, 0.15) is 16.7 Å². The largest absolute Gasteiger partial charge is 0.338 e. The molecule has 0 radical (unpaired) electrons. The Balaban J connectivity index is 1.87. The van der Waals surface area contributed by atoms with Gasteiger partial charge in [-0.3, -0.25) is 0 Å². The van der Waals surface area contributed by atoms with Gasteiger partial charge in [0, 0.05) is 28.6 Å². The maximum atomic E-state index is 6.16. The summed E-state index contributed by atoms with van der Waals surface area (Å²) in [6, 6.07) is 12.8. The highest BCUT2D eigenvalue weighted by Crippen LogP contribution is 2.46. The van der Waals surface area contributed by atoms with Crippen molar-refractivity contribution in [2.24, 2.45) is 7.05 Å². The molecule has 126 valence electrons. The zero-order valence-electron chi connectivity index (χ0n) is 14.8. The Morgan fingerprint density at radius 1 is 1.12 bits per heavy atom. The lowest BCUT2D eigenvalue weighted by atomic mass is 10.0. The molecule has 1 aliphatic rings. The van der Waals surface area contributed by atoms with Crippen molar-refractivity contribution in [3.63, 3.8) is 0 Å². The number of halogens is 1. The fourth-order valence-electron chi connectivity index (χ4n) is 3.54. The number of aromatic nitrogens is 1. The summed E-state index contributed by atoms with van der Waals surface area (Å²) in [4.78, 5) is 3.44. The van der Waals surface area contributed by atoms with Gasteiger partial charge in [0.2, 0.25) is 5.52 Å². The number of rotatable bonds is 1. The van der Waals surface area contributed by atoms with E-state index in [0.717, 1.165) is 5.02 Å². The summed E-state index contributed by atoms with van der Waals surface area (Å²) >= 11 is 7.93. The molecule has 3 aromatic rings.